The van der Waals surface area contributed by atoms with Gasteiger partial charge in [0.1, 0.15) is 12.1 Å². The zero-order valence-electron chi connectivity index (χ0n) is 11.6. The van der Waals surface area contributed by atoms with E-state index in [9.17, 15) is 0 Å². The van der Waals surface area contributed by atoms with Crippen LogP contribution >= 0.6 is 0 Å². The number of rotatable bonds is 4. The third kappa shape index (κ3) is 2.84. The number of nitrogens with two attached hydrogens (primary N) is 1. The second-order valence-corrected chi connectivity index (χ2v) is 4.45. The number of ether oxygens (including phenoxy) is 1. The lowest BCUT2D eigenvalue weighted by Crippen LogP contribution is -1.98. The summed E-state index contributed by atoms with van der Waals surface area (Å²) < 4.78 is 7.10. The molecule has 6 nitrogen and oxygen atoms in total. The first-order valence-electron chi connectivity index (χ1n) is 6.62. The largest absolute Gasteiger partial charge is 0.492 e. The summed E-state index contributed by atoms with van der Waals surface area (Å²) >= 11 is 0. The van der Waals surface area contributed by atoms with Crippen LogP contribution in [0, 0.1) is 0 Å². The van der Waals surface area contributed by atoms with Crippen LogP contribution in [0.2, 0.25) is 0 Å². The molecule has 1 aromatic carbocycles. The van der Waals surface area contributed by atoms with Crippen LogP contribution in [0.4, 0.5) is 5.69 Å². The third-order valence-corrected chi connectivity index (χ3v) is 2.94. The molecule has 2 aromatic heterocycles. The number of nitrogens with zero attached hydrogens (tertiary/aromatic N) is 4. The number of nitrogen functional groups attached to an aromatic ring is 1. The summed E-state index contributed by atoms with van der Waals surface area (Å²) in [6, 6.07) is 9.31. The normalized spacial score (nSPS) is 10.5. The van der Waals surface area contributed by atoms with Crippen LogP contribution in [0.15, 0.2) is 49.1 Å². The number of hydrogen-bond donors (Lipinski definition) is 1. The molecule has 0 bridgehead atoms. The lowest BCUT2D eigenvalue weighted by Gasteiger charge is -2.04. The van der Waals surface area contributed by atoms with Crippen LogP contribution in [-0.4, -0.2) is 26.4 Å². The van der Waals surface area contributed by atoms with Crippen LogP contribution in [0.5, 0.6) is 5.75 Å². The fraction of sp³-hybridized carbons (Fsp3) is 0.133. The van der Waals surface area contributed by atoms with Gasteiger partial charge in [0, 0.05) is 17.3 Å². The van der Waals surface area contributed by atoms with Crippen molar-refractivity contribution in [2.75, 3.05) is 12.3 Å². The van der Waals surface area contributed by atoms with Gasteiger partial charge in [0.2, 0.25) is 0 Å². The van der Waals surface area contributed by atoms with E-state index in [1.807, 2.05) is 37.3 Å². The van der Waals surface area contributed by atoms with Gasteiger partial charge in [0.15, 0.2) is 5.82 Å². The quantitative estimate of drug-likeness (QED) is 0.742. The highest BCUT2D eigenvalue weighted by atomic mass is 16.5. The Hall–Kier alpha value is -2.89. The van der Waals surface area contributed by atoms with Gasteiger partial charge in [-0.3, -0.25) is 4.98 Å². The average molecular weight is 281 g/mol. The maximum absolute atomic E-state index is 5.68. The van der Waals surface area contributed by atoms with E-state index in [4.69, 9.17) is 10.5 Å². The molecule has 0 spiro atoms. The molecule has 0 saturated heterocycles. The molecule has 0 unspecified atom stereocenters. The molecule has 0 aliphatic heterocycles. The van der Waals surface area contributed by atoms with Crippen molar-refractivity contribution >= 4 is 5.69 Å². The lowest BCUT2D eigenvalue weighted by molar-refractivity contribution is 0.338. The fourth-order valence-electron chi connectivity index (χ4n) is 1.93. The van der Waals surface area contributed by atoms with Gasteiger partial charge in [0.05, 0.1) is 24.7 Å². The van der Waals surface area contributed by atoms with Gasteiger partial charge in [-0.2, -0.15) is 0 Å². The summed E-state index contributed by atoms with van der Waals surface area (Å²) in [6.07, 6.45) is 5.03. The standard InChI is InChI=1S/C15H15N5O/c1-2-21-14-7-13(8-17-9-14)20-10-18-15(19-20)11-3-5-12(16)6-4-11/h3-10H,2,16H2,1H3. The van der Waals surface area contributed by atoms with Gasteiger partial charge in [0.25, 0.3) is 0 Å². The van der Waals surface area contributed by atoms with Crippen LogP contribution < -0.4 is 10.5 Å². The molecule has 106 valence electrons. The minimum absolute atomic E-state index is 0.596. The molecule has 0 amide bonds. The SMILES string of the molecule is CCOc1cncc(-n2cnc(-c3ccc(N)cc3)n2)c1. The van der Waals surface area contributed by atoms with Crippen LogP contribution in [0.1, 0.15) is 6.92 Å². The molecular weight excluding hydrogens is 266 g/mol. The van der Waals surface area contributed by atoms with Gasteiger partial charge in [-0.15, -0.1) is 5.10 Å². The predicted octanol–water partition coefficient (Wildman–Crippen LogP) is 2.31. The minimum atomic E-state index is 0.596. The maximum Gasteiger partial charge on any atom is 0.181 e. The molecule has 6 heteroatoms. The molecule has 2 N–H and O–H groups in total. The van der Waals surface area contributed by atoms with Crippen molar-refractivity contribution in [2.45, 2.75) is 6.92 Å². The molecule has 0 aliphatic rings. The molecule has 0 aliphatic carbocycles. The summed E-state index contributed by atoms with van der Waals surface area (Å²) in [7, 11) is 0. The highest BCUT2D eigenvalue weighted by Crippen LogP contribution is 2.18. The van der Waals surface area contributed by atoms with E-state index in [1.165, 1.54) is 0 Å². The van der Waals surface area contributed by atoms with Crippen LogP contribution in [0.25, 0.3) is 17.1 Å². The Morgan fingerprint density at radius 2 is 2.00 bits per heavy atom. The van der Waals surface area contributed by atoms with Gasteiger partial charge in [-0.05, 0) is 31.2 Å². The monoisotopic (exact) mass is 281 g/mol. The first-order chi connectivity index (χ1) is 10.3. The molecule has 21 heavy (non-hydrogen) atoms. The number of benzene rings is 1. The second kappa shape index (κ2) is 5.62. The Kier molecular flexibility index (Phi) is 3.51. The summed E-state index contributed by atoms with van der Waals surface area (Å²) in [5, 5.41) is 4.45. The number of aromatic nitrogens is 4. The van der Waals surface area contributed by atoms with Crippen molar-refractivity contribution in [3.05, 3.63) is 49.1 Å². The molecule has 0 fully saturated rings. The van der Waals surface area contributed by atoms with Crippen molar-refractivity contribution in [1.29, 1.82) is 0 Å². The maximum atomic E-state index is 5.68. The van der Waals surface area contributed by atoms with E-state index < -0.39 is 0 Å². The van der Waals surface area contributed by atoms with E-state index >= 15 is 0 Å². The predicted molar refractivity (Wildman–Crippen MR) is 80.2 cm³/mol. The number of hydrogen-bond acceptors (Lipinski definition) is 5. The Morgan fingerprint density at radius 3 is 2.76 bits per heavy atom. The van der Waals surface area contributed by atoms with Crippen molar-refractivity contribution in [1.82, 2.24) is 19.7 Å². The zero-order valence-corrected chi connectivity index (χ0v) is 11.6. The Labute approximate surface area is 122 Å². The van der Waals surface area contributed by atoms with E-state index in [-0.39, 0.29) is 0 Å². The van der Waals surface area contributed by atoms with Crippen LogP contribution in [0.3, 0.4) is 0 Å². The molecule has 2 heterocycles. The topological polar surface area (TPSA) is 78.8 Å². The van der Waals surface area contributed by atoms with E-state index in [2.05, 4.69) is 15.1 Å². The highest BCUT2D eigenvalue weighted by molar-refractivity contribution is 5.58. The third-order valence-electron chi connectivity index (χ3n) is 2.94. The van der Waals surface area contributed by atoms with E-state index in [0.717, 1.165) is 11.3 Å². The Morgan fingerprint density at radius 1 is 1.19 bits per heavy atom. The molecule has 0 radical (unpaired) electrons. The van der Waals surface area contributed by atoms with Gasteiger partial charge < -0.3 is 10.5 Å². The first-order valence-corrected chi connectivity index (χ1v) is 6.62. The summed E-state index contributed by atoms with van der Waals surface area (Å²) in [5.74, 6) is 1.34. The smallest absolute Gasteiger partial charge is 0.181 e. The second-order valence-electron chi connectivity index (χ2n) is 4.45. The molecule has 3 aromatic rings. The van der Waals surface area contributed by atoms with E-state index in [1.54, 1.807) is 23.4 Å². The van der Waals surface area contributed by atoms with Crippen molar-refractivity contribution in [2.24, 2.45) is 0 Å². The van der Waals surface area contributed by atoms with Crippen molar-refractivity contribution in [3.63, 3.8) is 0 Å². The van der Waals surface area contributed by atoms with Crippen molar-refractivity contribution < 1.29 is 4.74 Å². The Balaban J connectivity index is 1.91. The summed E-state index contributed by atoms with van der Waals surface area (Å²) in [6.45, 7) is 2.53. The minimum Gasteiger partial charge on any atom is -0.492 e. The highest BCUT2D eigenvalue weighted by Gasteiger charge is 2.06. The summed E-state index contributed by atoms with van der Waals surface area (Å²) in [5.41, 5.74) is 8.11. The first kappa shape index (κ1) is 13.1. The molecule has 0 atom stereocenters. The van der Waals surface area contributed by atoms with Crippen LogP contribution in [-0.2, 0) is 0 Å². The Bertz CT molecular complexity index is 736. The lowest BCUT2D eigenvalue weighted by atomic mass is 10.2. The van der Waals surface area contributed by atoms with Gasteiger partial charge in [-0.1, -0.05) is 0 Å². The van der Waals surface area contributed by atoms with E-state index in [0.29, 0.717) is 23.9 Å². The number of anilines is 1. The van der Waals surface area contributed by atoms with Gasteiger partial charge >= 0.3 is 0 Å². The molecule has 3 rings (SSSR count). The number of pyridine rings is 1. The fourth-order valence-corrected chi connectivity index (χ4v) is 1.93. The summed E-state index contributed by atoms with van der Waals surface area (Å²) in [4.78, 5) is 8.45. The molecule has 0 saturated carbocycles. The van der Waals surface area contributed by atoms with Crippen molar-refractivity contribution in [3.8, 4) is 22.8 Å². The van der Waals surface area contributed by atoms with Gasteiger partial charge in [-0.25, -0.2) is 9.67 Å². The molecular formula is C15H15N5O. The average Bonchev–Trinajstić information content (AvgIpc) is 2.98. The zero-order chi connectivity index (χ0) is 14.7.